The van der Waals surface area contributed by atoms with Crippen molar-refractivity contribution in [3.05, 3.63) is 30.2 Å². The van der Waals surface area contributed by atoms with Crippen LogP contribution < -0.4 is 17.3 Å². The first-order chi connectivity index (χ1) is 9.24. The molecule has 1 fully saturated rings. The Bertz CT molecular complexity index is 413. The van der Waals surface area contributed by atoms with E-state index >= 15 is 0 Å². The average Bonchev–Trinajstić information content (AvgIpc) is 2.90. The molecule has 1 unspecified atom stereocenters. The summed E-state index contributed by atoms with van der Waals surface area (Å²) in [6, 6.07) is 3.56. The Hall–Kier alpha value is -1.30. The second kappa shape index (κ2) is 8.79. The van der Waals surface area contributed by atoms with Crippen LogP contribution in [-0.4, -0.2) is 44.9 Å². The van der Waals surface area contributed by atoms with E-state index in [1.54, 1.807) is 24.5 Å². The second-order valence-corrected chi connectivity index (χ2v) is 4.66. The molecule has 1 atom stereocenters. The SMILES string of the molecule is CC(C[NH+]1CCOCC1)OC(=O)/C=C/c1ccco1.[Cl-]. The summed E-state index contributed by atoms with van der Waals surface area (Å²) in [7, 11) is 0. The smallest absolute Gasteiger partial charge is 0.331 e. The molecule has 2 rings (SSSR count). The van der Waals surface area contributed by atoms with Crippen LogP contribution >= 0.6 is 0 Å². The minimum atomic E-state index is -0.337. The van der Waals surface area contributed by atoms with Crippen molar-refractivity contribution in [2.45, 2.75) is 13.0 Å². The van der Waals surface area contributed by atoms with Gasteiger partial charge in [0, 0.05) is 6.08 Å². The Morgan fingerprint density at radius 3 is 2.90 bits per heavy atom. The Labute approximate surface area is 124 Å². The van der Waals surface area contributed by atoms with Gasteiger partial charge in [-0.15, -0.1) is 0 Å². The van der Waals surface area contributed by atoms with Crippen molar-refractivity contribution in [2.75, 3.05) is 32.8 Å². The highest BCUT2D eigenvalue weighted by Crippen LogP contribution is 2.02. The maximum atomic E-state index is 11.6. The number of esters is 1. The molecule has 6 heteroatoms. The number of morpholine rings is 1. The Kier molecular flexibility index (Phi) is 7.36. The summed E-state index contributed by atoms with van der Waals surface area (Å²) in [6.07, 6.45) is 4.47. The first-order valence-corrected chi connectivity index (χ1v) is 6.57. The van der Waals surface area contributed by atoms with Crippen LogP contribution in [0.3, 0.4) is 0 Å². The van der Waals surface area contributed by atoms with Gasteiger partial charge in [0.2, 0.25) is 0 Å². The molecule has 1 aliphatic rings. The van der Waals surface area contributed by atoms with E-state index in [-0.39, 0.29) is 24.5 Å². The van der Waals surface area contributed by atoms with Crippen molar-refractivity contribution in [2.24, 2.45) is 0 Å². The normalized spacial score (nSPS) is 17.6. The fourth-order valence-corrected chi connectivity index (χ4v) is 2.09. The summed E-state index contributed by atoms with van der Waals surface area (Å²) in [5, 5.41) is 0. The summed E-state index contributed by atoms with van der Waals surface area (Å²) >= 11 is 0. The maximum Gasteiger partial charge on any atom is 0.331 e. The van der Waals surface area contributed by atoms with Gasteiger partial charge in [0.15, 0.2) is 0 Å². The maximum absolute atomic E-state index is 11.6. The Morgan fingerprint density at radius 2 is 2.25 bits per heavy atom. The molecule has 0 bridgehead atoms. The first-order valence-electron chi connectivity index (χ1n) is 6.57. The van der Waals surface area contributed by atoms with Gasteiger partial charge in [0.25, 0.3) is 0 Å². The highest BCUT2D eigenvalue weighted by Gasteiger charge is 2.18. The largest absolute Gasteiger partial charge is 1.00 e. The van der Waals surface area contributed by atoms with Gasteiger partial charge in [-0.05, 0) is 25.1 Å². The van der Waals surface area contributed by atoms with Gasteiger partial charge in [-0.3, -0.25) is 0 Å². The number of rotatable bonds is 5. The Balaban J connectivity index is 0.00000200. The lowest BCUT2D eigenvalue weighted by atomic mass is 10.3. The molecule has 0 radical (unpaired) electrons. The summed E-state index contributed by atoms with van der Waals surface area (Å²) in [5.41, 5.74) is 0. The lowest BCUT2D eigenvalue weighted by molar-refractivity contribution is -0.910. The molecule has 1 aromatic rings. The summed E-state index contributed by atoms with van der Waals surface area (Å²) in [4.78, 5) is 13.0. The van der Waals surface area contributed by atoms with E-state index in [0.717, 1.165) is 32.8 Å². The minimum absolute atomic E-state index is 0. The lowest BCUT2D eigenvalue weighted by Crippen LogP contribution is -3.15. The zero-order valence-corrected chi connectivity index (χ0v) is 12.3. The van der Waals surface area contributed by atoms with Crippen molar-refractivity contribution in [1.29, 1.82) is 0 Å². The zero-order chi connectivity index (χ0) is 13.5. The summed E-state index contributed by atoms with van der Waals surface area (Å²) in [6.45, 7) is 6.27. The molecule has 0 saturated carbocycles. The lowest BCUT2D eigenvalue weighted by Gasteiger charge is -2.25. The van der Waals surface area contributed by atoms with Crippen LogP contribution in [0.1, 0.15) is 12.7 Å². The molecule has 1 saturated heterocycles. The number of carbonyl (C=O) groups is 1. The molecular weight excluding hydrogens is 282 g/mol. The fraction of sp³-hybridized carbons (Fsp3) is 0.500. The van der Waals surface area contributed by atoms with Crippen molar-refractivity contribution in [1.82, 2.24) is 0 Å². The molecular formula is C14H20ClNO4. The molecule has 5 nitrogen and oxygen atoms in total. The fourth-order valence-electron chi connectivity index (χ4n) is 2.09. The highest BCUT2D eigenvalue weighted by atomic mass is 35.5. The number of ether oxygens (including phenoxy) is 2. The molecule has 0 aliphatic carbocycles. The molecule has 112 valence electrons. The molecule has 1 aliphatic heterocycles. The monoisotopic (exact) mass is 301 g/mol. The number of furan rings is 1. The quantitative estimate of drug-likeness (QED) is 0.470. The van der Waals surface area contributed by atoms with E-state index in [1.165, 1.54) is 11.0 Å². The summed E-state index contributed by atoms with van der Waals surface area (Å²) in [5.74, 6) is 0.306. The number of carbonyl (C=O) groups excluding carboxylic acids is 1. The average molecular weight is 302 g/mol. The molecule has 1 N–H and O–H groups in total. The molecule has 20 heavy (non-hydrogen) atoms. The van der Waals surface area contributed by atoms with E-state index in [0.29, 0.717) is 5.76 Å². The number of nitrogens with one attached hydrogen (secondary N) is 1. The topological polar surface area (TPSA) is 53.1 Å². The third-order valence-electron chi connectivity index (χ3n) is 3.02. The van der Waals surface area contributed by atoms with Gasteiger partial charge >= 0.3 is 5.97 Å². The van der Waals surface area contributed by atoms with Crippen LogP contribution in [0.15, 0.2) is 28.9 Å². The van der Waals surface area contributed by atoms with Gasteiger partial charge in [0.05, 0.1) is 19.5 Å². The van der Waals surface area contributed by atoms with Gasteiger partial charge in [-0.1, -0.05) is 0 Å². The standard InChI is InChI=1S/C14H19NO4.ClH/c1-12(11-15-6-9-17-10-7-15)19-14(16)5-4-13-3-2-8-18-13;/h2-5,8,12H,6-7,9-11H2,1H3;1H/b5-4+;. The van der Waals surface area contributed by atoms with Gasteiger partial charge in [-0.2, -0.15) is 0 Å². The molecule has 2 heterocycles. The van der Waals surface area contributed by atoms with Crippen LogP contribution in [0.4, 0.5) is 0 Å². The van der Waals surface area contributed by atoms with Crippen LogP contribution in [0, 0.1) is 0 Å². The highest BCUT2D eigenvalue weighted by molar-refractivity contribution is 5.86. The van der Waals surface area contributed by atoms with Gasteiger partial charge in [0.1, 0.15) is 31.5 Å². The third kappa shape index (κ3) is 5.77. The number of halogens is 1. The predicted molar refractivity (Wildman–Crippen MR) is 69.7 cm³/mol. The second-order valence-electron chi connectivity index (χ2n) is 4.66. The van der Waals surface area contributed by atoms with Crippen LogP contribution in [0.5, 0.6) is 0 Å². The van der Waals surface area contributed by atoms with Crippen molar-refractivity contribution in [3.63, 3.8) is 0 Å². The minimum Gasteiger partial charge on any atom is -1.00 e. The number of quaternary nitrogens is 1. The molecule has 0 spiro atoms. The van der Waals surface area contributed by atoms with Crippen molar-refractivity contribution < 1.29 is 36.0 Å². The predicted octanol–water partition coefficient (Wildman–Crippen LogP) is -2.86. The van der Waals surface area contributed by atoms with Crippen molar-refractivity contribution in [3.8, 4) is 0 Å². The zero-order valence-electron chi connectivity index (χ0n) is 11.5. The number of hydrogen-bond donors (Lipinski definition) is 1. The molecule has 0 amide bonds. The van der Waals surface area contributed by atoms with E-state index in [1.807, 2.05) is 6.92 Å². The first kappa shape index (κ1) is 16.8. The van der Waals surface area contributed by atoms with Gasteiger partial charge in [-0.25, -0.2) is 4.79 Å². The van der Waals surface area contributed by atoms with Crippen LogP contribution in [0.25, 0.3) is 6.08 Å². The summed E-state index contributed by atoms with van der Waals surface area (Å²) < 4.78 is 15.7. The van der Waals surface area contributed by atoms with Crippen molar-refractivity contribution >= 4 is 12.0 Å². The van der Waals surface area contributed by atoms with Crippen LogP contribution in [0.2, 0.25) is 0 Å². The van der Waals surface area contributed by atoms with Gasteiger partial charge < -0.3 is 31.2 Å². The van der Waals surface area contributed by atoms with Crippen LogP contribution in [-0.2, 0) is 14.3 Å². The van der Waals surface area contributed by atoms with E-state index in [4.69, 9.17) is 13.9 Å². The molecule has 0 aromatic carbocycles. The molecule has 1 aromatic heterocycles. The number of hydrogen-bond acceptors (Lipinski definition) is 4. The van der Waals surface area contributed by atoms with E-state index in [2.05, 4.69) is 0 Å². The van der Waals surface area contributed by atoms with E-state index in [9.17, 15) is 4.79 Å². The Morgan fingerprint density at radius 1 is 1.50 bits per heavy atom. The third-order valence-corrected chi connectivity index (χ3v) is 3.02. The van der Waals surface area contributed by atoms with E-state index < -0.39 is 0 Å².